The number of halogens is 1. The Hall–Kier alpha value is -2.43. The zero-order valence-corrected chi connectivity index (χ0v) is 24.4. The molecule has 1 saturated carbocycles. The molecular weight excluding hydrogens is 526 g/mol. The van der Waals surface area contributed by atoms with E-state index >= 15 is 0 Å². The fourth-order valence-corrected chi connectivity index (χ4v) is 5.63. The molecule has 1 aromatic heterocycles. The van der Waals surface area contributed by atoms with Crippen molar-refractivity contribution in [3.63, 3.8) is 0 Å². The van der Waals surface area contributed by atoms with Crippen molar-refractivity contribution in [2.75, 3.05) is 26.4 Å². The first kappa shape index (κ1) is 31.8. The van der Waals surface area contributed by atoms with E-state index in [0.29, 0.717) is 30.9 Å². The second-order valence-corrected chi connectivity index (χ2v) is 11.4. The van der Waals surface area contributed by atoms with Crippen LogP contribution in [-0.4, -0.2) is 76.2 Å². The topological polar surface area (TPSA) is 109 Å². The van der Waals surface area contributed by atoms with E-state index in [-0.39, 0.29) is 36.5 Å². The van der Waals surface area contributed by atoms with Crippen molar-refractivity contribution in [3.8, 4) is 0 Å². The minimum absolute atomic E-state index is 0. The minimum atomic E-state index is -0.940. The van der Waals surface area contributed by atoms with E-state index < -0.39 is 17.5 Å². The zero-order chi connectivity index (χ0) is 26.8. The van der Waals surface area contributed by atoms with E-state index in [1.165, 1.54) is 16.7 Å². The summed E-state index contributed by atoms with van der Waals surface area (Å²) < 4.78 is 5.71. The molecule has 1 N–H and O–H groups in total. The van der Waals surface area contributed by atoms with Crippen molar-refractivity contribution in [2.24, 2.45) is 5.92 Å². The lowest BCUT2D eigenvalue weighted by Gasteiger charge is -2.48. The summed E-state index contributed by atoms with van der Waals surface area (Å²) in [5.41, 5.74) is -0.0479. The van der Waals surface area contributed by atoms with Gasteiger partial charge in [0.25, 0.3) is 11.1 Å². The maximum Gasteiger partial charge on any atom is 0.286 e. The number of Topliss-reactive ketones (excluding diaryl/α,β-unsaturated/α-hetero) is 1. The van der Waals surface area contributed by atoms with Crippen molar-refractivity contribution in [1.29, 1.82) is 0 Å². The third-order valence-electron chi connectivity index (χ3n) is 6.58. The number of rotatable bonds is 14. The number of nitrogens with one attached hydrogen (secondary N) is 1. The molecule has 1 heterocycles. The van der Waals surface area contributed by atoms with E-state index in [1.807, 2.05) is 63.2 Å². The second-order valence-electron chi connectivity index (χ2n) is 10.3. The lowest BCUT2D eigenvalue weighted by Crippen LogP contribution is -2.65. The Labute approximate surface area is 235 Å². The molecule has 38 heavy (non-hydrogen) atoms. The lowest BCUT2D eigenvalue weighted by molar-refractivity contribution is -0.136. The quantitative estimate of drug-likeness (QED) is 0.157. The van der Waals surface area contributed by atoms with Crippen LogP contribution in [0.4, 0.5) is 0 Å². The molecular formula is C27H40ClN5O4S. The van der Waals surface area contributed by atoms with E-state index in [1.54, 1.807) is 0 Å². The van der Waals surface area contributed by atoms with Crippen molar-refractivity contribution in [1.82, 2.24) is 25.3 Å². The number of hydrogen-bond donors (Lipinski definition) is 1. The largest absolute Gasteiger partial charge is 0.408 e. The van der Waals surface area contributed by atoms with Crippen LogP contribution in [0.5, 0.6) is 0 Å². The predicted molar refractivity (Wildman–Crippen MR) is 150 cm³/mol. The number of ketones is 1. The summed E-state index contributed by atoms with van der Waals surface area (Å²) in [5, 5.41) is 11.5. The molecule has 210 valence electrons. The second kappa shape index (κ2) is 15.2. The molecule has 0 radical (unpaired) electrons. The third kappa shape index (κ3) is 8.81. The van der Waals surface area contributed by atoms with Crippen LogP contribution < -0.4 is 5.32 Å². The molecule has 0 bridgehead atoms. The van der Waals surface area contributed by atoms with Gasteiger partial charge in [-0.3, -0.25) is 14.4 Å². The van der Waals surface area contributed by atoms with Crippen LogP contribution >= 0.6 is 24.2 Å². The molecule has 1 aliphatic rings. The summed E-state index contributed by atoms with van der Waals surface area (Å²) in [6.45, 7) is 4.83. The minimum Gasteiger partial charge on any atom is -0.408 e. The number of carbonyl (C=O) groups excluding carboxylic acids is 3. The Morgan fingerprint density at radius 2 is 1.82 bits per heavy atom. The van der Waals surface area contributed by atoms with Gasteiger partial charge in [-0.05, 0) is 57.7 Å². The summed E-state index contributed by atoms with van der Waals surface area (Å²) in [6.07, 6.45) is 5.23. The highest BCUT2D eigenvalue weighted by atomic mass is 35.5. The first-order chi connectivity index (χ1) is 17.7. The molecule has 2 amide bonds. The van der Waals surface area contributed by atoms with Crippen molar-refractivity contribution >= 4 is 42.3 Å². The molecule has 1 aromatic carbocycles. The van der Waals surface area contributed by atoms with Crippen molar-refractivity contribution in [2.45, 2.75) is 75.7 Å². The lowest BCUT2D eigenvalue weighted by atomic mass is 9.84. The van der Waals surface area contributed by atoms with Gasteiger partial charge in [-0.25, -0.2) is 0 Å². The fourth-order valence-electron chi connectivity index (χ4n) is 4.76. The van der Waals surface area contributed by atoms with Crippen LogP contribution in [-0.2, 0) is 16.0 Å². The molecule has 1 unspecified atom stereocenters. The number of nitrogens with zero attached hydrogens (tertiary/aromatic N) is 4. The van der Waals surface area contributed by atoms with Gasteiger partial charge in [-0.2, -0.15) is 0 Å². The van der Waals surface area contributed by atoms with Crippen LogP contribution in [0.15, 0.2) is 40.0 Å². The molecule has 9 nitrogen and oxygen atoms in total. The van der Waals surface area contributed by atoms with E-state index in [4.69, 9.17) is 4.42 Å². The maximum absolute atomic E-state index is 13.7. The smallest absolute Gasteiger partial charge is 0.286 e. The Balaban J connectivity index is 0.00000507. The molecule has 0 spiro atoms. The summed E-state index contributed by atoms with van der Waals surface area (Å²) in [5.74, 6) is 0.193. The molecule has 1 atom stereocenters. The van der Waals surface area contributed by atoms with Gasteiger partial charge in [0.05, 0.1) is 6.42 Å². The van der Waals surface area contributed by atoms with Gasteiger partial charge in [0.15, 0.2) is 0 Å². The number of thioether (sulfide) groups is 1. The summed E-state index contributed by atoms with van der Waals surface area (Å²) >= 11 is 1.39. The normalized spacial score (nSPS) is 15.5. The molecule has 0 aliphatic heterocycles. The number of hydrogen-bond acceptors (Lipinski definition) is 8. The molecule has 1 aliphatic carbocycles. The molecule has 0 saturated heterocycles. The van der Waals surface area contributed by atoms with Crippen LogP contribution in [0.1, 0.15) is 68.6 Å². The highest BCUT2D eigenvalue weighted by Crippen LogP contribution is 2.34. The number of carbonyl (C=O) groups is 3. The molecule has 2 aromatic rings. The number of benzene rings is 1. The Morgan fingerprint density at radius 3 is 2.42 bits per heavy atom. The van der Waals surface area contributed by atoms with Gasteiger partial charge < -0.3 is 19.5 Å². The Bertz CT molecular complexity index is 1030. The average Bonchev–Trinajstić information content (AvgIpc) is 3.33. The van der Waals surface area contributed by atoms with Crippen LogP contribution in [0.2, 0.25) is 0 Å². The van der Waals surface area contributed by atoms with Gasteiger partial charge in [0, 0.05) is 12.3 Å². The first-order valence-electron chi connectivity index (χ1n) is 13.0. The number of aromatic nitrogens is 2. The first-order valence-corrected chi connectivity index (χ1v) is 14.0. The standard InChI is InChI=1S/C27H39N5O4S.ClH/c1-20(2)17-22(24(35)25-29-30-26(36-25)37-16-15-31(3)4)32(19-33)27(13-9-6-10-14-27)28-23(34)18-21-11-7-5-8-12-21;/h5,7-8,11-12,19-20,22H,6,9-10,13-18H2,1-4H3,(H,28,34);1H. The highest BCUT2D eigenvalue weighted by molar-refractivity contribution is 7.99. The van der Waals surface area contributed by atoms with Gasteiger partial charge >= 0.3 is 0 Å². The maximum atomic E-state index is 13.7. The Kier molecular flexibility index (Phi) is 12.7. The molecule has 11 heteroatoms. The molecule has 1 fully saturated rings. The summed E-state index contributed by atoms with van der Waals surface area (Å²) in [4.78, 5) is 43.1. The summed E-state index contributed by atoms with van der Waals surface area (Å²) in [6, 6.07) is 8.67. The van der Waals surface area contributed by atoms with E-state index in [0.717, 1.165) is 37.1 Å². The van der Waals surface area contributed by atoms with Crippen LogP contribution in [0, 0.1) is 5.92 Å². The van der Waals surface area contributed by atoms with Gasteiger partial charge in [0.2, 0.25) is 18.1 Å². The highest BCUT2D eigenvalue weighted by Gasteiger charge is 2.45. The van der Waals surface area contributed by atoms with Gasteiger partial charge in [-0.1, -0.05) is 62.4 Å². The Morgan fingerprint density at radius 1 is 1.13 bits per heavy atom. The van der Waals surface area contributed by atoms with Crippen molar-refractivity contribution in [3.05, 3.63) is 41.8 Å². The monoisotopic (exact) mass is 565 g/mol. The van der Waals surface area contributed by atoms with Crippen molar-refractivity contribution < 1.29 is 18.8 Å². The van der Waals surface area contributed by atoms with E-state index in [9.17, 15) is 14.4 Å². The van der Waals surface area contributed by atoms with Crippen LogP contribution in [0.25, 0.3) is 0 Å². The van der Waals surface area contributed by atoms with E-state index in [2.05, 4.69) is 15.5 Å². The average molecular weight is 566 g/mol. The van der Waals surface area contributed by atoms with Gasteiger partial charge in [-0.15, -0.1) is 22.6 Å². The predicted octanol–water partition coefficient (Wildman–Crippen LogP) is 4.22. The van der Waals surface area contributed by atoms with Gasteiger partial charge in [0.1, 0.15) is 11.7 Å². The zero-order valence-electron chi connectivity index (χ0n) is 22.7. The fraction of sp³-hybridized carbons (Fsp3) is 0.593. The SMILES string of the molecule is CC(C)CC(C(=O)c1nnc(SCCN(C)C)o1)N(C=O)C1(NC(=O)Cc2ccccc2)CCCCC1.Cl. The summed E-state index contributed by atoms with van der Waals surface area (Å²) in [7, 11) is 3.96. The third-order valence-corrected chi connectivity index (χ3v) is 7.38. The van der Waals surface area contributed by atoms with Crippen LogP contribution in [0.3, 0.4) is 0 Å². The molecule has 3 rings (SSSR count). The number of amides is 2.